The van der Waals surface area contributed by atoms with Crippen LogP contribution in [0, 0.1) is 6.92 Å². The molecule has 0 aliphatic carbocycles. The Morgan fingerprint density at radius 3 is 2.82 bits per heavy atom. The summed E-state index contributed by atoms with van der Waals surface area (Å²) in [5.74, 6) is -1.32. The minimum atomic E-state index is -1.32. The molecule has 1 N–H and O–H groups in total. The van der Waals surface area contributed by atoms with Crippen molar-refractivity contribution >= 4 is 34.2 Å². The second-order valence-electron chi connectivity index (χ2n) is 3.45. The Balaban J connectivity index is 0.00000144. The van der Waals surface area contributed by atoms with Crippen molar-refractivity contribution in [3.8, 4) is 0 Å². The summed E-state index contributed by atoms with van der Waals surface area (Å²) in [6, 6.07) is 1.70. The molecule has 17 heavy (non-hydrogen) atoms. The molecule has 4 nitrogen and oxygen atoms in total. The van der Waals surface area contributed by atoms with Gasteiger partial charge in [0, 0.05) is 17.3 Å². The maximum atomic E-state index is 10.7. The summed E-state index contributed by atoms with van der Waals surface area (Å²) in [6.45, 7) is 5.30. The number of rotatable bonds is 2. The number of pyridine rings is 1. The standard InChI is InChI=1S/C11H9ClN2O2.K/c1-5-3-8(12)14-10-7(4-13-9(5)10)6(2)11(15)16;/h3-4,13H,2H2,1H3,(H,15,16);/q;+1/p-1. The maximum absolute atomic E-state index is 10.7. The zero-order valence-corrected chi connectivity index (χ0v) is 13.4. The van der Waals surface area contributed by atoms with E-state index < -0.39 is 5.97 Å². The number of H-pyrrole nitrogens is 1. The summed E-state index contributed by atoms with van der Waals surface area (Å²) < 4.78 is 0. The number of nitrogens with one attached hydrogen (secondary N) is 1. The molecule has 0 atom stereocenters. The molecule has 2 aromatic heterocycles. The number of aromatic nitrogens is 2. The number of halogens is 1. The zero-order chi connectivity index (χ0) is 11.9. The molecule has 0 aliphatic heterocycles. The molecule has 2 rings (SSSR count). The van der Waals surface area contributed by atoms with Crippen LogP contribution in [0.25, 0.3) is 16.6 Å². The first-order valence-corrected chi connectivity index (χ1v) is 4.93. The van der Waals surface area contributed by atoms with E-state index in [1.54, 1.807) is 12.3 Å². The number of carboxylic acid groups (broad SMARTS) is 1. The maximum Gasteiger partial charge on any atom is 1.00 e. The fourth-order valence-corrected chi connectivity index (χ4v) is 1.81. The Hall–Kier alpha value is -0.174. The van der Waals surface area contributed by atoms with Gasteiger partial charge in [0.2, 0.25) is 0 Å². The van der Waals surface area contributed by atoms with E-state index in [0.29, 0.717) is 16.2 Å². The summed E-state index contributed by atoms with van der Waals surface area (Å²) in [7, 11) is 0. The minimum absolute atomic E-state index is 0. The van der Waals surface area contributed by atoms with Crippen molar-refractivity contribution < 1.29 is 61.3 Å². The van der Waals surface area contributed by atoms with Gasteiger partial charge < -0.3 is 14.9 Å². The Labute approximate surface area is 145 Å². The van der Waals surface area contributed by atoms with Crippen molar-refractivity contribution in [3.63, 3.8) is 0 Å². The summed E-state index contributed by atoms with van der Waals surface area (Å²) in [5, 5.41) is 11.0. The number of fused-ring (bicyclic) bond motifs is 1. The van der Waals surface area contributed by atoms with Gasteiger partial charge in [-0.1, -0.05) is 18.2 Å². The third-order valence-corrected chi connectivity index (χ3v) is 2.57. The molecule has 2 aromatic rings. The minimum Gasteiger partial charge on any atom is -0.545 e. The van der Waals surface area contributed by atoms with Crippen LogP contribution in [-0.4, -0.2) is 15.9 Å². The van der Waals surface area contributed by atoms with Crippen LogP contribution < -0.4 is 56.5 Å². The van der Waals surface area contributed by atoms with E-state index >= 15 is 0 Å². The smallest absolute Gasteiger partial charge is 0.545 e. The molecule has 0 spiro atoms. The van der Waals surface area contributed by atoms with Crippen LogP contribution in [0.2, 0.25) is 5.15 Å². The zero-order valence-electron chi connectivity index (χ0n) is 9.50. The van der Waals surface area contributed by atoms with Crippen LogP contribution in [-0.2, 0) is 4.79 Å². The van der Waals surface area contributed by atoms with Crippen molar-refractivity contribution in [3.05, 3.63) is 35.1 Å². The van der Waals surface area contributed by atoms with Crippen molar-refractivity contribution in [2.45, 2.75) is 6.92 Å². The molecule has 0 amide bonds. The van der Waals surface area contributed by atoms with Gasteiger partial charge >= 0.3 is 51.4 Å². The molecule has 0 bridgehead atoms. The molecule has 0 unspecified atom stereocenters. The van der Waals surface area contributed by atoms with Crippen molar-refractivity contribution in [1.29, 1.82) is 0 Å². The van der Waals surface area contributed by atoms with Crippen LogP contribution in [0.3, 0.4) is 0 Å². The van der Waals surface area contributed by atoms with Gasteiger partial charge in [-0.25, -0.2) is 4.98 Å². The van der Waals surface area contributed by atoms with Gasteiger partial charge in [-0.3, -0.25) is 0 Å². The van der Waals surface area contributed by atoms with Crippen molar-refractivity contribution in [2.24, 2.45) is 0 Å². The second kappa shape index (κ2) is 5.64. The molecular weight excluding hydrogens is 267 g/mol. The number of hydrogen-bond acceptors (Lipinski definition) is 3. The molecule has 0 fully saturated rings. The van der Waals surface area contributed by atoms with E-state index in [0.717, 1.165) is 11.1 Å². The first-order valence-electron chi connectivity index (χ1n) is 4.55. The van der Waals surface area contributed by atoms with Gasteiger partial charge in [-0.2, -0.15) is 0 Å². The number of carbonyl (C=O) groups excluding carboxylic acids is 1. The quantitative estimate of drug-likeness (QED) is 0.403. The van der Waals surface area contributed by atoms with E-state index in [1.807, 2.05) is 6.92 Å². The first-order chi connectivity index (χ1) is 7.50. The molecule has 0 radical (unpaired) electrons. The van der Waals surface area contributed by atoms with E-state index in [4.69, 9.17) is 11.6 Å². The number of aryl methyl sites for hydroxylation is 1. The summed E-state index contributed by atoms with van der Waals surface area (Å²) in [4.78, 5) is 17.8. The number of carboxylic acids is 1. The summed E-state index contributed by atoms with van der Waals surface area (Å²) in [5.41, 5.74) is 2.44. The fraction of sp³-hybridized carbons (Fsp3) is 0.0909. The summed E-state index contributed by atoms with van der Waals surface area (Å²) >= 11 is 5.82. The average molecular weight is 275 g/mol. The van der Waals surface area contributed by atoms with Crippen LogP contribution in [0.15, 0.2) is 18.8 Å². The predicted octanol–water partition coefficient (Wildman–Crippen LogP) is -1.71. The van der Waals surface area contributed by atoms with E-state index in [9.17, 15) is 9.90 Å². The third kappa shape index (κ3) is 2.81. The Morgan fingerprint density at radius 1 is 1.59 bits per heavy atom. The first kappa shape index (κ1) is 14.9. The second-order valence-corrected chi connectivity index (χ2v) is 3.84. The molecule has 0 saturated heterocycles. The van der Waals surface area contributed by atoms with Gasteiger partial charge in [-0.15, -0.1) is 0 Å². The molecule has 6 heteroatoms. The fourth-order valence-electron chi connectivity index (χ4n) is 1.56. The molecule has 0 aromatic carbocycles. The molecule has 0 saturated carbocycles. The number of aromatic amines is 1. The number of hydrogen-bond donors (Lipinski definition) is 1. The van der Waals surface area contributed by atoms with Gasteiger partial charge in [-0.05, 0) is 18.6 Å². The monoisotopic (exact) mass is 274 g/mol. The average Bonchev–Trinajstić information content (AvgIpc) is 2.60. The Bertz CT molecular complexity index is 607. The Morgan fingerprint density at radius 2 is 2.24 bits per heavy atom. The van der Waals surface area contributed by atoms with Gasteiger partial charge in [0.25, 0.3) is 0 Å². The largest absolute Gasteiger partial charge is 1.00 e. The normalized spacial score (nSPS) is 10.0. The van der Waals surface area contributed by atoms with Crippen molar-refractivity contribution in [1.82, 2.24) is 9.97 Å². The Kier molecular flexibility index (Phi) is 4.94. The van der Waals surface area contributed by atoms with Crippen molar-refractivity contribution in [2.75, 3.05) is 0 Å². The van der Waals surface area contributed by atoms with Gasteiger partial charge in [0.15, 0.2) is 0 Å². The SMILES string of the molecule is C=C(C(=O)[O-])c1c[nH]c2c(C)cc(Cl)nc12.[K+]. The van der Waals surface area contributed by atoms with E-state index in [2.05, 4.69) is 16.5 Å². The van der Waals surface area contributed by atoms with E-state index in [1.165, 1.54) is 0 Å². The molecular formula is C11H8ClKN2O2. The molecule has 2 heterocycles. The third-order valence-electron chi connectivity index (χ3n) is 2.37. The number of aliphatic carboxylic acids is 1. The number of carbonyl (C=O) groups is 1. The van der Waals surface area contributed by atoms with Crippen LogP contribution in [0.5, 0.6) is 0 Å². The molecule has 82 valence electrons. The predicted molar refractivity (Wildman–Crippen MR) is 59.9 cm³/mol. The van der Waals surface area contributed by atoms with Crippen LogP contribution >= 0.6 is 11.6 Å². The van der Waals surface area contributed by atoms with Gasteiger partial charge in [0.05, 0.1) is 17.0 Å². The van der Waals surface area contributed by atoms with E-state index in [-0.39, 0.29) is 57.0 Å². The summed E-state index contributed by atoms with van der Waals surface area (Å²) in [6.07, 6.45) is 1.54. The van der Waals surface area contributed by atoms with Crippen LogP contribution in [0.1, 0.15) is 11.1 Å². The van der Waals surface area contributed by atoms with Crippen LogP contribution in [0.4, 0.5) is 0 Å². The number of nitrogens with zero attached hydrogens (tertiary/aromatic N) is 1. The topological polar surface area (TPSA) is 68.8 Å². The molecule has 0 aliphatic rings. The van der Waals surface area contributed by atoms with Gasteiger partial charge in [0.1, 0.15) is 5.15 Å².